The summed E-state index contributed by atoms with van der Waals surface area (Å²) in [5, 5.41) is 24.8. The molecule has 0 aliphatic carbocycles. The van der Waals surface area contributed by atoms with Gasteiger partial charge in [-0.05, 0) is 134 Å². The Morgan fingerprint density at radius 1 is 0.455 bits per heavy atom. The Balaban J connectivity index is 0.000000155. The van der Waals surface area contributed by atoms with E-state index in [9.17, 15) is 0 Å². The molecule has 1 aliphatic heterocycles. The first-order valence-electron chi connectivity index (χ1n) is 24.1. The third kappa shape index (κ3) is 12.4. The number of terminal acetylenes is 2. The standard InChI is InChI=1S/C24H23BO3.C18H11ClO.C12H6BrClO.C6H7BO2.C2H2.C2H.CH4/c1-23(2)24(3,4)28-25(27-23)19-11-8-12-21-22(19)18-15-17(13-14-20(18)26-21)16-9-6-5-7-10-16;19-15-7-4-8-17-18(15)14-11-13(9-10-16(14)20-17)12-5-2-1-3-6-12;13-7-4-5-10-8(6-7)12-9(14)2-1-3-11(12)15-10;8-7(9)6-4-2-1-3-5-6;2*1-2;/h5-15H,1-4H3;1-11H;1-6H;1-5,8-9H;1-2H;1H;1H4/q;;;;;-1;. The average molecular weight is 1120 g/mol. The molecule has 384 valence electrons. The molecule has 0 atom stereocenters. The van der Waals surface area contributed by atoms with Gasteiger partial charge in [0.1, 0.15) is 33.5 Å². The smallest absolute Gasteiger partial charge is 0.495 e. The van der Waals surface area contributed by atoms with Crippen LogP contribution in [-0.4, -0.2) is 35.5 Å². The Hall–Kier alpha value is -7.47. The molecule has 0 saturated carbocycles. The van der Waals surface area contributed by atoms with Crippen molar-refractivity contribution < 1.29 is 32.6 Å². The van der Waals surface area contributed by atoms with Crippen LogP contribution in [0, 0.1) is 25.7 Å². The molecule has 13 rings (SSSR count). The number of furan rings is 3. The van der Waals surface area contributed by atoms with Gasteiger partial charge in [-0.25, -0.2) is 0 Å². The van der Waals surface area contributed by atoms with E-state index >= 15 is 0 Å². The van der Waals surface area contributed by atoms with Crippen LogP contribution < -0.4 is 10.9 Å². The Morgan fingerprint density at radius 2 is 0.831 bits per heavy atom. The van der Waals surface area contributed by atoms with Crippen molar-refractivity contribution in [3.63, 3.8) is 0 Å². The fourth-order valence-corrected chi connectivity index (χ4v) is 9.70. The zero-order valence-electron chi connectivity index (χ0n) is 42.0. The summed E-state index contributed by atoms with van der Waals surface area (Å²) >= 11 is 15.9. The van der Waals surface area contributed by atoms with Crippen molar-refractivity contribution in [3.05, 3.63) is 221 Å². The number of benzene rings is 9. The van der Waals surface area contributed by atoms with E-state index in [4.69, 9.17) is 62.2 Å². The van der Waals surface area contributed by atoms with Crippen LogP contribution >= 0.6 is 39.1 Å². The van der Waals surface area contributed by atoms with Gasteiger partial charge >= 0.3 is 14.2 Å². The molecule has 12 heteroatoms. The highest BCUT2D eigenvalue weighted by atomic mass is 79.9. The summed E-state index contributed by atoms with van der Waals surface area (Å²) in [6.45, 7) is 8.31. The van der Waals surface area contributed by atoms with E-state index in [0.29, 0.717) is 5.46 Å². The Labute approximate surface area is 468 Å². The van der Waals surface area contributed by atoms with Crippen LogP contribution in [0.15, 0.2) is 218 Å². The van der Waals surface area contributed by atoms with E-state index in [1.807, 2.05) is 109 Å². The summed E-state index contributed by atoms with van der Waals surface area (Å²) in [6, 6.07) is 65.4. The third-order valence-corrected chi connectivity index (χ3v) is 14.3. The molecule has 0 unspecified atom stereocenters. The lowest BCUT2D eigenvalue weighted by atomic mass is 9.76. The maximum absolute atomic E-state index is 8.58. The van der Waals surface area contributed by atoms with Crippen molar-refractivity contribution in [1.29, 1.82) is 0 Å². The molecule has 4 heterocycles. The molecule has 0 spiro atoms. The lowest BCUT2D eigenvalue weighted by Crippen LogP contribution is -2.41. The van der Waals surface area contributed by atoms with E-state index in [-0.39, 0.29) is 18.6 Å². The SMILES string of the molecule is C.C#C.CC1(C)OB(c2cccc3oc4ccc(-c5ccccc5)cc4c23)OC1(C)C.Clc1cccc2oc3ccc(-c4ccccc4)cc3c12.Clc1cccc2oc3ccc(Br)cc3c12.OB(O)c1ccccc1.[C-]#C. The summed E-state index contributed by atoms with van der Waals surface area (Å²) < 4.78 is 31.3. The van der Waals surface area contributed by atoms with Crippen LogP contribution in [-0.2, 0) is 9.31 Å². The molecule has 1 aliphatic rings. The molecule has 1 saturated heterocycles. The molecule has 2 N–H and O–H groups in total. The normalized spacial score (nSPS) is 12.9. The summed E-state index contributed by atoms with van der Waals surface area (Å²) in [5.74, 6) is 0. The predicted octanol–water partition coefficient (Wildman–Crippen LogP) is 16.9. The summed E-state index contributed by atoms with van der Waals surface area (Å²) in [7, 11) is -1.76. The first-order chi connectivity index (χ1) is 36.7. The first-order valence-corrected chi connectivity index (χ1v) is 25.6. The Bertz CT molecular complexity index is 3940. The molecule has 0 amide bonds. The molecule has 0 bridgehead atoms. The number of hydrogen-bond donors (Lipinski definition) is 2. The molecule has 0 radical (unpaired) electrons. The monoisotopic (exact) mass is 1120 g/mol. The molecule has 77 heavy (non-hydrogen) atoms. The zero-order valence-corrected chi connectivity index (χ0v) is 45.1. The fraction of sp³-hybridized carbons (Fsp3) is 0.108. The molecule has 3 aromatic heterocycles. The van der Waals surface area contributed by atoms with Gasteiger partial charge in [0.25, 0.3) is 0 Å². The minimum atomic E-state index is -1.34. The van der Waals surface area contributed by atoms with Gasteiger partial charge in [0.05, 0.1) is 21.2 Å². The molecule has 9 aromatic carbocycles. The van der Waals surface area contributed by atoms with Crippen molar-refractivity contribution in [3.8, 4) is 41.5 Å². The van der Waals surface area contributed by atoms with E-state index in [2.05, 4.69) is 130 Å². The van der Waals surface area contributed by atoms with Crippen LogP contribution in [0.4, 0.5) is 0 Å². The third-order valence-electron chi connectivity index (χ3n) is 13.2. The summed E-state index contributed by atoms with van der Waals surface area (Å²) in [4.78, 5) is 0. The lowest BCUT2D eigenvalue weighted by molar-refractivity contribution is 0.00578. The highest BCUT2D eigenvalue weighted by Gasteiger charge is 2.52. The largest absolute Gasteiger partial charge is 0.697 e. The van der Waals surface area contributed by atoms with Crippen LogP contribution in [0.5, 0.6) is 0 Å². The number of halogens is 3. The van der Waals surface area contributed by atoms with E-state index in [1.54, 1.807) is 24.3 Å². The summed E-state index contributed by atoms with van der Waals surface area (Å²) in [6.07, 6.45) is 17.0. The van der Waals surface area contributed by atoms with Gasteiger partial charge in [-0.3, -0.25) is 0 Å². The Kier molecular flexibility index (Phi) is 18.7. The van der Waals surface area contributed by atoms with Crippen LogP contribution in [0.3, 0.4) is 0 Å². The van der Waals surface area contributed by atoms with E-state index in [0.717, 1.165) is 85.8 Å². The van der Waals surface area contributed by atoms with Crippen LogP contribution in [0.25, 0.3) is 88.1 Å². The van der Waals surface area contributed by atoms with Crippen LogP contribution in [0.2, 0.25) is 10.0 Å². The van der Waals surface area contributed by atoms with Gasteiger partial charge < -0.3 is 45.5 Å². The number of fused-ring (bicyclic) bond motifs is 9. The average Bonchev–Trinajstić information content (AvgIpc) is 4.32. The molecule has 7 nitrogen and oxygen atoms in total. The highest BCUT2D eigenvalue weighted by Crippen LogP contribution is 2.40. The zero-order chi connectivity index (χ0) is 54.1. The van der Waals surface area contributed by atoms with E-state index < -0.39 is 14.2 Å². The van der Waals surface area contributed by atoms with Crippen molar-refractivity contribution in [1.82, 2.24) is 0 Å². The lowest BCUT2D eigenvalue weighted by Gasteiger charge is -2.32. The maximum Gasteiger partial charge on any atom is 0.495 e. The Morgan fingerprint density at radius 3 is 1.26 bits per heavy atom. The molecular weight excluding hydrogens is 1070 g/mol. The minimum Gasteiger partial charge on any atom is -0.697 e. The second kappa shape index (κ2) is 25.1. The molecule has 1 fully saturated rings. The molecule has 12 aromatic rings. The van der Waals surface area contributed by atoms with Gasteiger partial charge in [0.15, 0.2) is 0 Å². The van der Waals surface area contributed by atoms with Gasteiger partial charge in [-0.2, -0.15) is 0 Å². The minimum absolute atomic E-state index is 0. The quantitative estimate of drug-likeness (QED) is 0.103. The molecular formula is C65H54B2BrCl2O7-. The van der Waals surface area contributed by atoms with Crippen molar-refractivity contribution in [2.24, 2.45) is 0 Å². The maximum atomic E-state index is 8.58. The van der Waals surface area contributed by atoms with Crippen molar-refractivity contribution in [2.75, 3.05) is 0 Å². The first kappa shape index (κ1) is 57.2. The van der Waals surface area contributed by atoms with Gasteiger partial charge in [-0.1, -0.05) is 174 Å². The second-order valence-electron chi connectivity index (χ2n) is 18.4. The van der Waals surface area contributed by atoms with Crippen molar-refractivity contribution in [2.45, 2.75) is 46.3 Å². The predicted molar refractivity (Wildman–Crippen MR) is 327 cm³/mol. The topological polar surface area (TPSA) is 98.3 Å². The number of hydrogen-bond acceptors (Lipinski definition) is 7. The van der Waals surface area contributed by atoms with Crippen LogP contribution in [0.1, 0.15) is 35.1 Å². The van der Waals surface area contributed by atoms with E-state index in [1.165, 1.54) is 22.3 Å². The number of rotatable bonds is 4. The fourth-order valence-electron chi connectivity index (χ4n) is 8.81. The van der Waals surface area contributed by atoms with Gasteiger partial charge in [0, 0.05) is 36.8 Å². The van der Waals surface area contributed by atoms with Gasteiger partial charge in [-0.15, -0.1) is 12.8 Å². The van der Waals surface area contributed by atoms with Crippen molar-refractivity contribution >= 4 is 130 Å². The highest BCUT2D eigenvalue weighted by molar-refractivity contribution is 9.10. The summed E-state index contributed by atoms with van der Waals surface area (Å²) in [5.41, 5.74) is 10.6. The second-order valence-corrected chi connectivity index (χ2v) is 20.1. The van der Waals surface area contributed by atoms with Gasteiger partial charge in [0.2, 0.25) is 0 Å².